The van der Waals surface area contributed by atoms with E-state index >= 15 is 0 Å². The average Bonchev–Trinajstić information content (AvgIpc) is 3.03. The Balaban J connectivity index is 1.80. The van der Waals surface area contributed by atoms with Crippen LogP contribution in [0.4, 0.5) is 5.13 Å². The van der Waals surface area contributed by atoms with Crippen LogP contribution in [0, 0.1) is 0 Å². The van der Waals surface area contributed by atoms with Gasteiger partial charge in [0.2, 0.25) is 0 Å². The number of thiophene rings is 1. The Kier molecular flexibility index (Phi) is 3.80. The molecule has 1 aliphatic rings. The first-order valence-corrected chi connectivity index (χ1v) is 9.50. The topological polar surface area (TPSA) is 85.1 Å². The van der Waals surface area contributed by atoms with Gasteiger partial charge in [-0.15, -0.1) is 22.7 Å². The summed E-state index contributed by atoms with van der Waals surface area (Å²) in [5, 5.41) is 0.475. The number of anilines is 1. The van der Waals surface area contributed by atoms with Gasteiger partial charge in [-0.3, -0.25) is 4.72 Å². The molecule has 0 aliphatic heterocycles. The van der Waals surface area contributed by atoms with E-state index in [1.54, 1.807) is 6.07 Å². The van der Waals surface area contributed by atoms with Crippen LogP contribution in [0.15, 0.2) is 16.3 Å². The first-order chi connectivity index (χ1) is 9.58. The predicted molar refractivity (Wildman–Crippen MR) is 82.0 cm³/mol. The van der Waals surface area contributed by atoms with E-state index in [9.17, 15) is 8.42 Å². The van der Waals surface area contributed by atoms with Crippen LogP contribution in [0.25, 0.3) is 0 Å². The third-order valence-corrected chi connectivity index (χ3v) is 7.29. The van der Waals surface area contributed by atoms with E-state index in [-0.39, 0.29) is 0 Å². The lowest BCUT2D eigenvalue weighted by Gasteiger charge is -2.02. The molecule has 0 aromatic carbocycles. The summed E-state index contributed by atoms with van der Waals surface area (Å²) in [5.41, 5.74) is 6.52. The van der Waals surface area contributed by atoms with Crippen LogP contribution in [0.5, 0.6) is 0 Å². The Morgan fingerprint density at radius 1 is 1.30 bits per heavy atom. The molecule has 0 atom stereocenters. The molecule has 8 heteroatoms. The summed E-state index contributed by atoms with van der Waals surface area (Å²) in [5.74, 6) is 0. The fraction of sp³-hybridized carbons (Fsp3) is 0.417. The Bertz CT molecular complexity index is 697. The van der Waals surface area contributed by atoms with Gasteiger partial charge < -0.3 is 5.73 Å². The molecule has 2 aromatic rings. The Morgan fingerprint density at radius 3 is 2.90 bits per heavy atom. The van der Waals surface area contributed by atoms with E-state index in [1.165, 1.54) is 27.6 Å². The normalized spacial score (nSPS) is 14.4. The van der Waals surface area contributed by atoms with Crippen molar-refractivity contribution in [3.8, 4) is 0 Å². The summed E-state index contributed by atoms with van der Waals surface area (Å²) >= 11 is 2.70. The highest BCUT2D eigenvalue weighted by Gasteiger charge is 2.22. The molecule has 2 heterocycles. The molecule has 0 saturated heterocycles. The second-order valence-corrected chi connectivity index (χ2v) is 8.77. The first-order valence-electron chi connectivity index (χ1n) is 6.38. The Morgan fingerprint density at radius 2 is 2.15 bits per heavy atom. The van der Waals surface area contributed by atoms with Gasteiger partial charge in [-0.1, -0.05) is 0 Å². The zero-order valence-corrected chi connectivity index (χ0v) is 13.2. The number of hydrogen-bond donors (Lipinski definition) is 2. The van der Waals surface area contributed by atoms with Crippen molar-refractivity contribution in [2.45, 2.75) is 29.9 Å². The number of sulfonamides is 1. The third-order valence-electron chi connectivity index (χ3n) is 3.11. The molecule has 20 heavy (non-hydrogen) atoms. The highest BCUT2D eigenvalue weighted by atomic mass is 32.2. The molecule has 0 radical (unpaired) electrons. The van der Waals surface area contributed by atoms with Gasteiger partial charge in [0.1, 0.15) is 4.21 Å². The van der Waals surface area contributed by atoms with Gasteiger partial charge in [0.25, 0.3) is 10.0 Å². The lowest BCUT2D eigenvalue weighted by Crippen LogP contribution is -2.11. The fourth-order valence-electron chi connectivity index (χ4n) is 2.18. The molecule has 0 saturated carbocycles. The molecule has 108 valence electrons. The van der Waals surface area contributed by atoms with Crippen molar-refractivity contribution in [3.05, 3.63) is 27.6 Å². The summed E-state index contributed by atoms with van der Waals surface area (Å²) in [6, 6.07) is 3.44. The van der Waals surface area contributed by atoms with Crippen molar-refractivity contribution < 1.29 is 8.42 Å². The molecule has 0 amide bonds. The number of hydrogen-bond acceptors (Lipinski definition) is 6. The number of thiazole rings is 1. The van der Waals surface area contributed by atoms with Gasteiger partial charge in [-0.25, -0.2) is 13.4 Å². The van der Waals surface area contributed by atoms with E-state index in [0.717, 1.165) is 29.8 Å². The van der Waals surface area contributed by atoms with Gasteiger partial charge >= 0.3 is 0 Å². The molecule has 0 bridgehead atoms. The molecule has 2 aromatic heterocycles. The van der Waals surface area contributed by atoms with E-state index in [0.29, 0.717) is 22.3 Å². The maximum atomic E-state index is 12.3. The van der Waals surface area contributed by atoms with Crippen molar-refractivity contribution in [1.29, 1.82) is 0 Å². The molecule has 0 unspecified atom stereocenters. The molecule has 3 N–H and O–H groups in total. The standard InChI is InChI=1S/C12H15N3O2S3/c13-7-6-8-4-5-11(18-8)20(16,17)15-12-14-9-2-1-3-10(9)19-12/h4-5H,1-3,6-7,13H2,(H,14,15). The van der Waals surface area contributed by atoms with Crippen LogP contribution in [0.2, 0.25) is 0 Å². The second kappa shape index (κ2) is 5.44. The lowest BCUT2D eigenvalue weighted by atomic mass is 10.3. The van der Waals surface area contributed by atoms with E-state index in [4.69, 9.17) is 5.73 Å². The van der Waals surface area contributed by atoms with Crippen molar-refractivity contribution in [3.63, 3.8) is 0 Å². The van der Waals surface area contributed by atoms with E-state index in [2.05, 4.69) is 9.71 Å². The van der Waals surface area contributed by atoms with Crippen LogP contribution in [-0.4, -0.2) is 19.9 Å². The first kappa shape index (κ1) is 14.0. The molecule has 5 nitrogen and oxygen atoms in total. The quantitative estimate of drug-likeness (QED) is 0.878. The summed E-state index contributed by atoms with van der Waals surface area (Å²) in [4.78, 5) is 6.54. The zero-order chi connectivity index (χ0) is 14.2. The van der Waals surface area contributed by atoms with Gasteiger partial charge in [0, 0.05) is 9.75 Å². The highest BCUT2D eigenvalue weighted by molar-refractivity contribution is 7.94. The molecular weight excluding hydrogens is 314 g/mol. The maximum Gasteiger partial charge on any atom is 0.273 e. The second-order valence-electron chi connectivity index (χ2n) is 4.61. The minimum atomic E-state index is -3.52. The number of nitrogens with zero attached hydrogens (tertiary/aromatic N) is 1. The monoisotopic (exact) mass is 329 g/mol. The predicted octanol–water partition coefficient (Wildman–Crippen LogP) is 2.00. The number of nitrogens with two attached hydrogens (primary N) is 1. The maximum absolute atomic E-state index is 12.3. The van der Waals surface area contributed by atoms with Gasteiger partial charge in [0.05, 0.1) is 5.69 Å². The largest absolute Gasteiger partial charge is 0.330 e. The summed E-state index contributed by atoms with van der Waals surface area (Å²) in [6.45, 7) is 0.520. The van der Waals surface area contributed by atoms with Crippen LogP contribution in [-0.2, 0) is 29.3 Å². The smallest absolute Gasteiger partial charge is 0.273 e. The lowest BCUT2D eigenvalue weighted by molar-refractivity contribution is 0.603. The van der Waals surface area contributed by atoms with Crippen LogP contribution < -0.4 is 10.5 Å². The molecule has 1 aliphatic carbocycles. The summed E-state index contributed by atoms with van der Waals surface area (Å²) < 4.78 is 27.5. The van der Waals surface area contributed by atoms with Crippen LogP contribution in [0.3, 0.4) is 0 Å². The minimum absolute atomic E-state index is 0.316. The third kappa shape index (κ3) is 2.73. The molecule has 0 spiro atoms. The van der Waals surface area contributed by atoms with Gasteiger partial charge in [-0.2, -0.15) is 0 Å². The summed E-state index contributed by atoms with van der Waals surface area (Å²) in [7, 11) is -3.52. The Labute approximate surface area is 125 Å². The highest BCUT2D eigenvalue weighted by Crippen LogP contribution is 2.32. The fourth-order valence-corrected chi connectivity index (χ4v) is 5.83. The van der Waals surface area contributed by atoms with Gasteiger partial charge in [0.15, 0.2) is 5.13 Å². The molecule has 3 rings (SSSR count). The van der Waals surface area contributed by atoms with E-state index in [1.807, 2.05) is 6.07 Å². The van der Waals surface area contributed by atoms with Crippen LogP contribution >= 0.6 is 22.7 Å². The zero-order valence-electron chi connectivity index (χ0n) is 10.8. The van der Waals surface area contributed by atoms with Crippen molar-refractivity contribution in [1.82, 2.24) is 4.98 Å². The molecule has 0 fully saturated rings. The SMILES string of the molecule is NCCc1ccc(S(=O)(=O)Nc2nc3c(s2)CCC3)s1. The van der Waals surface area contributed by atoms with Gasteiger partial charge in [-0.05, 0) is 44.4 Å². The van der Waals surface area contributed by atoms with Crippen molar-refractivity contribution in [2.75, 3.05) is 11.3 Å². The number of rotatable bonds is 5. The molecular formula is C12H15N3O2S3. The number of fused-ring (bicyclic) bond motifs is 1. The van der Waals surface area contributed by atoms with Crippen LogP contribution in [0.1, 0.15) is 21.9 Å². The average molecular weight is 329 g/mol. The van der Waals surface area contributed by atoms with E-state index < -0.39 is 10.0 Å². The number of aromatic nitrogens is 1. The summed E-state index contributed by atoms with van der Waals surface area (Å²) in [6.07, 6.45) is 3.78. The van der Waals surface area contributed by atoms with Crippen molar-refractivity contribution in [2.24, 2.45) is 5.73 Å². The number of nitrogens with one attached hydrogen (secondary N) is 1. The van der Waals surface area contributed by atoms with Crippen molar-refractivity contribution >= 4 is 37.8 Å². The Hall–Kier alpha value is -0.960. The minimum Gasteiger partial charge on any atom is -0.330 e. The number of aryl methyl sites for hydroxylation is 2.